The topological polar surface area (TPSA) is 146 Å². The van der Waals surface area contributed by atoms with E-state index in [4.69, 9.17) is 15.3 Å². The highest BCUT2D eigenvalue weighted by atomic mass is 16.4. The summed E-state index contributed by atoms with van der Waals surface area (Å²) in [6.07, 6.45) is -3.62. The Hall–Kier alpha value is -1.96. The molecule has 6 N–H and O–H groups in total. The van der Waals surface area contributed by atoms with Crippen molar-refractivity contribution in [2.24, 2.45) is 0 Å². The van der Waals surface area contributed by atoms with Crippen molar-refractivity contribution in [1.82, 2.24) is 0 Å². The summed E-state index contributed by atoms with van der Waals surface area (Å²) >= 11 is 0. The van der Waals surface area contributed by atoms with Gasteiger partial charge in [-0.05, 0) is 12.5 Å². The molecule has 1 aromatic carbocycles. The third-order valence-electron chi connectivity index (χ3n) is 2.22. The van der Waals surface area contributed by atoms with Crippen LogP contribution in [0.5, 0.6) is 0 Å². The van der Waals surface area contributed by atoms with Gasteiger partial charge in [0.2, 0.25) is 0 Å². The van der Waals surface area contributed by atoms with Crippen LogP contribution in [0.15, 0.2) is 30.3 Å². The molecule has 0 heterocycles. The van der Waals surface area contributed by atoms with Gasteiger partial charge in [0.25, 0.3) is 0 Å². The Labute approximate surface area is 116 Å². The van der Waals surface area contributed by atoms with Crippen molar-refractivity contribution in [3.63, 3.8) is 0 Å². The summed E-state index contributed by atoms with van der Waals surface area (Å²) < 4.78 is 0. The largest absolute Gasteiger partial charge is 0.547 e. The Bertz CT molecular complexity index is 402. The lowest BCUT2D eigenvalue weighted by atomic mass is 10.1. The first-order valence-electron chi connectivity index (χ1n) is 5.92. The van der Waals surface area contributed by atoms with Crippen molar-refractivity contribution >= 4 is 11.9 Å². The summed E-state index contributed by atoms with van der Waals surface area (Å²) in [6, 6.07) is 11.0. The second-order valence-corrected chi connectivity index (χ2v) is 4.34. The SMILES string of the molecule is CC([NH3+])Cc1ccccc1.O=C([O-])C(O)C(O)C(=O)O. The second-order valence-electron chi connectivity index (χ2n) is 4.34. The maximum absolute atomic E-state index is 9.74. The molecule has 0 aliphatic rings. The molecule has 0 spiro atoms. The van der Waals surface area contributed by atoms with Crippen LogP contribution in [0, 0.1) is 0 Å². The molecule has 112 valence electrons. The summed E-state index contributed by atoms with van der Waals surface area (Å²) in [6.45, 7) is 2.13. The molecule has 1 rings (SSSR count). The van der Waals surface area contributed by atoms with Gasteiger partial charge in [-0.3, -0.25) is 0 Å². The third-order valence-corrected chi connectivity index (χ3v) is 2.22. The monoisotopic (exact) mass is 285 g/mol. The fourth-order valence-electron chi connectivity index (χ4n) is 1.28. The zero-order chi connectivity index (χ0) is 15.7. The summed E-state index contributed by atoms with van der Waals surface area (Å²) in [4.78, 5) is 19.4. The molecular formula is C13H19NO6. The first-order valence-corrected chi connectivity index (χ1v) is 5.92. The lowest BCUT2D eigenvalue weighted by molar-refractivity contribution is -0.413. The van der Waals surface area contributed by atoms with Crippen LogP contribution in [0.1, 0.15) is 12.5 Å². The van der Waals surface area contributed by atoms with Crippen LogP contribution in [0.25, 0.3) is 0 Å². The molecule has 0 saturated heterocycles. The fourth-order valence-corrected chi connectivity index (χ4v) is 1.28. The van der Waals surface area contributed by atoms with Crippen LogP contribution in [0.3, 0.4) is 0 Å². The molecule has 3 unspecified atom stereocenters. The summed E-state index contributed by atoms with van der Waals surface area (Å²) in [5, 5.41) is 34.1. The number of benzene rings is 1. The second kappa shape index (κ2) is 9.03. The molecule has 0 radical (unpaired) electrons. The average Bonchev–Trinajstić information content (AvgIpc) is 2.38. The molecule has 0 bridgehead atoms. The zero-order valence-corrected chi connectivity index (χ0v) is 11.1. The van der Waals surface area contributed by atoms with Gasteiger partial charge in [0, 0.05) is 6.42 Å². The molecule has 0 aromatic heterocycles. The van der Waals surface area contributed by atoms with E-state index < -0.39 is 24.1 Å². The van der Waals surface area contributed by atoms with E-state index in [9.17, 15) is 14.7 Å². The number of carboxylic acid groups (broad SMARTS) is 2. The Balaban J connectivity index is 0.000000361. The predicted octanol–water partition coefficient (Wildman–Crippen LogP) is -2.60. The van der Waals surface area contributed by atoms with Crippen molar-refractivity contribution in [3.05, 3.63) is 35.9 Å². The van der Waals surface area contributed by atoms with E-state index in [-0.39, 0.29) is 0 Å². The summed E-state index contributed by atoms with van der Waals surface area (Å²) in [5.41, 5.74) is 5.31. The minimum Gasteiger partial charge on any atom is -0.547 e. The molecule has 3 atom stereocenters. The van der Waals surface area contributed by atoms with Gasteiger partial charge in [0.05, 0.1) is 12.0 Å². The first-order chi connectivity index (χ1) is 9.25. The highest BCUT2D eigenvalue weighted by Crippen LogP contribution is 1.99. The molecule has 7 nitrogen and oxygen atoms in total. The molecule has 0 amide bonds. The highest BCUT2D eigenvalue weighted by Gasteiger charge is 2.23. The lowest BCUT2D eigenvalue weighted by Crippen LogP contribution is -2.60. The van der Waals surface area contributed by atoms with Crippen molar-refractivity contribution in [2.75, 3.05) is 0 Å². The van der Waals surface area contributed by atoms with Crippen LogP contribution >= 0.6 is 0 Å². The van der Waals surface area contributed by atoms with E-state index in [0.29, 0.717) is 6.04 Å². The van der Waals surface area contributed by atoms with Crippen molar-refractivity contribution in [1.29, 1.82) is 0 Å². The Kier molecular flexibility index (Phi) is 8.14. The number of carbonyl (C=O) groups excluding carboxylic acids is 1. The molecular weight excluding hydrogens is 266 g/mol. The molecule has 0 saturated carbocycles. The maximum atomic E-state index is 9.74. The van der Waals surface area contributed by atoms with Crippen LogP contribution in [0.4, 0.5) is 0 Å². The number of carboxylic acids is 2. The lowest BCUT2D eigenvalue weighted by Gasteiger charge is -2.13. The quantitative estimate of drug-likeness (QED) is 0.467. The number of hydrogen-bond donors (Lipinski definition) is 4. The Morgan fingerprint density at radius 1 is 1.20 bits per heavy atom. The molecule has 1 aromatic rings. The smallest absolute Gasteiger partial charge is 0.335 e. The van der Waals surface area contributed by atoms with Crippen LogP contribution < -0.4 is 10.8 Å². The number of hydrogen-bond acceptors (Lipinski definition) is 5. The van der Waals surface area contributed by atoms with E-state index >= 15 is 0 Å². The van der Waals surface area contributed by atoms with Crippen molar-refractivity contribution < 1.29 is 35.7 Å². The number of aliphatic hydroxyl groups is 2. The fraction of sp³-hybridized carbons (Fsp3) is 0.385. The zero-order valence-electron chi connectivity index (χ0n) is 11.1. The molecule has 20 heavy (non-hydrogen) atoms. The predicted molar refractivity (Wildman–Crippen MR) is 67.2 cm³/mol. The number of aliphatic carboxylic acids is 2. The van der Waals surface area contributed by atoms with Gasteiger partial charge in [-0.25, -0.2) is 4.79 Å². The van der Waals surface area contributed by atoms with Gasteiger partial charge in [-0.15, -0.1) is 0 Å². The molecule has 0 fully saturated rings. The van der Waals surface area contributed by atoms with Gasteiger partial charge in [0.15, 0.2) is 6.10 Å². The van der Waals surface area contributed by atoms with E-state index in [1.807, 2.05) is 6.07 Å². The minimum absolute atomic E-state index is 0.516. The maximum Gasteiger partial charge on any atom is 0.335 e. The third kappa shape index (κ3) is 7.47. The van der Waals surface area contributed by atoms with Crippen molar-refractivity contribution in [3.8, 4) is 0 Å². The summed E-state index contributed by atoms with van der Waals surface area (Å²) in [5.74, 6) is -3.83. The van der Waals surface area contributed by atoms with Gasteiger partial charge >= 0.3 is 5.97 Å². The number of quaternary nitrogens is 1. The minimum atomic E-state index is -2.38. The van der Waals surface area contributed by atoms with Gasteiger partial charge in [0.1, 0.15) is 6.10 Å². The standard InChI is InChI=1S/C9H13N.C4H6O6/c1-8(10)7-9-5-3-2-4-6-9;5-1(3(7)8)2(6)4(9)10/h2-6,8H,7,10H2,1H3;1-2,5-6H,(H,7,8)(H,9,10). The normalized spacial score (nSPS) is 14.4. The van der Waals surface area contributed by atoms with Crippen molar-refractivity contribution in [2.45, 2.75) is 31.6 Å². The van der Waals surface area contributed by atoms with Crippen LogP contribution in [-0.2, 0) is 16.0 Å². The van der Waals surface area contributed by atoms with Crippen LogP contribution in [-0.4, -0.2) is 45.5 Å². The number of aliphatic hydroxyl groups excluding tert-OH is 2. The van der Waals surface area contributed by atoms with Gasteiger partial charge in [-0.1, -0.05) is 30.3 Å². The number of rotatable bonds is 5. The van der Waals surface area contributed by atoms with E-state index in [1.165, 1.54) is 5.56 Å². The Morgan fingerprint density at radius 3 is 2.00 bits per heavy atom. The molecule has 7 heteroatoms. The van der Waals surface area contributed by atoms with E-state index in [1.54, 1.807) is 0 Å². The first kappa shape index (κ1) is 18.0. The highest BCUT2D eigenvalue weighted by molar-refractivity contribution is 5.82. The van der Waals surface area contributed by atoms with Gasteiger partial charge < -0.3 is 31.0 Å². The average molecular weight is 285 g/mol. The Morgan fingerprint density at radius 2 is 1.70 bits per heavy atom. The summed E-state index contributed by atoms with van der Waals surface area (Å²) in [7, 11) is 0. The number of carbonyl (C=O) groups is 2. The van der Waals surface area contributed by atoms with E-state index in [0.717, 1.165) is 6.42 Å². The molecule has 0 aliphatic carbocycles. The van der Waals surface area contributed by atoms with Gasteiger partial charge in [-0.2, -0.15) is 0 Å². The van der Waals surface area contributed by atoms with Crippen LogP contribution in [0.2, 0.25) is 0 Å². The van der Waals surface area contributed by atoms with E-state index in [2.05, 4.69) is 36.9 Å². The molecule has 0 aliphatic heterocycles.